The van der Waals surface area contributed by atoms with Crippen LogP contribution in [0.5, 0.6) is 5.75 Å². The van der Waals surface area contributed by atoms with Crippen LogP contribution in [0.15, 0.2) is 58.1 Å². The van der Waals surface area contributed by atoms with Gasteiger partial charge in [0.25, 0.3) is 5.91 Å². The topological polar surface area (TPSA) is 101 Å². The molecule has 1 heterocycles. The molecule has 1 amide bonds. The minimum Gasteiger partial charge on any atom is -0.650 e. The second-order valence-corrected chi connectivity index (χ2v) is 7.68. The number of nitrogens with zero attached hydrogens (tertiary/aromatic N) is 2. The number of rotatable bonds is 7. The number of anilines is 1. The van der Waals surface area contributed by atoms with Crippen molar-refractivity contribution in [2.75, 3.05) is 18.4 Å². The van der Waals surface area contributed by atoms with E-state index in [9.17, 15) is 19.5 Å². The van der Waals surface area contributed by atoms with E-state index in [0.717, 1.165) is 18.4 Å². The summed E-state index contributed by atoms with van der Waals surface area (Å²) in [5.74, 6) is -0.543. The normalized spacial score (nSPS) is 14.1. The van der Waals surface area contributed by atoms with Crippen molar-refractivity contribution in [1.29, 1.82) is 0 Å². The van der Waals surface area contributed by atoms with Gasteiger partial charge in [0.1, 0.15) is 5.75 Å². The van der Waals surface area contributed by atoms with E-state index in [2.05, 4.69) is 10.6 Å². The van der Waals surface area contributed by atoms with Crippen molar-refractivity contribution in [3.8, 4) is 5.75 Å². The van der Waals surface area contributed by atoms with Gasteiger partial charge in [-0.3, -0.25) is 14.4 Å². The van der Waals surface area contributed by atoms with Gasteiger partial charge in [-0.05, 0) is 30.9 Å². The van der Waals surface area contributed by atoms with Crippen LogP contribution in [0.1, 0.15) is 48.1 Å². The van der Waals surface area contributed by atoms with E-state index in [1.54, 1.807) is 17.0 Å². The Morgan fingerprint density at radius 3 is 2.41 bits per heavy atom. The van der Waals surface area contributed by atoms with E-state index >= 15 is 0 Å². The Hall–Kier alpha value is -3.01. The minimum atomic E-state index is -0.707. The molecule has 0 bridgehead atoms. The maximum atomic E-state index is 12.7. The van der Waals surface area contributed by atoms with Gasteiger partial charge in [-0.1, -0.05) is 60.8 Å². The number of phenolic OH excluding ortho intramolecular Hbond substituents is 1. The number of phenols is 1. The summed E-state index contributed by atoms with van der Waals surface area (Å²) in [7, 11) is 0. The molecule has 0 saturated carbocycles. The van der Waals surface area contributed by atoms with Gasteiger partial charge in [-0.2, -0.15) is 0 Å². The molecule has 3 aromatic rings. The maximum absolute atomic E-state index is 12.7. The van der Waals surface area contributed by atoms with E-state index in [4.69, 9.17) is 0 Å². The molecule has 4 rings (SSSR count). The van der Waals surface area contributed by atoms with Crippen LogP contribution < -0.4 is 35.0 Å². The molecule has 2 N–H and O–H groups in total. The number of carbonyl (C=O) groups excluding carboxylic acids is 1. The van der Waals surface area contributed by atoms with Crippen molar-refractivity contribution in [2.24, 2.45) is 0 Å². The van der Waals surface area contributed by atoms with Crippen LogP contribution in [0, 0.1) is 0 Å². The Morgan fingerprint density at radius 1 is 1.06 bits per heavy atom. The van der Waals surface area contributed by atoms with Gasteiger partial charge in [0.2, 0.25) is 10.9 Å². The van der Waals surface area contributed by atoms with Crippen molar-refractivity contribution >= 4 is 23.0 Å². The number of hydrogen-bond donors (Lipinski definition) is 2. The first-order valence-electron chi connectivity index (χ1n) is 10.5. The fraction of sp³-hybridized carbons (Fsp3) is 0.292. The molecule has 1 aliphatic heterocycles. The van der Waals surface area contributed by atoms with E-state index < -0.39 is 10.9 Å². The summed E-state index contributed by atoms with van der Waals surface area (Å²) in [6.45, 7) is 3.29. The van der Waals surface area contributed by atoms with Crippen molar-refractivity contribution in [3.05, 3.63) is 85.4 Å². The average Bonchev–Trinajstić information content (AvgIpc) is 3.34. The first-order chi connectivity index (χ1) is 15.0. The van der Waals surface area contributed by atoms with E-state index in [1.807, 2.05) is 37.3 Å². The Bertz CT molecular complexity index is 1170. The molecular formula is C24H24LiN3O4. The maximum Gasteiger partial charge on any atom is 1.00 e. The van der Waals surface area contributed by atoms with Crippen LogP contribution >= 0.6 is 0 Å². The summed E-state index contributed by atoms with van der Waals surface area (Å²) < 4.78 is 0. The molecule has 160 valence electrons. The number of para-hydroxylation sites is 1. The zero-order valence-corrected chi connectivity index (χ0v) is 18.3. The van der Waals surface area contributed by atoms with Gasteiger partial charge in [0.15, 0.2) is 0 Å². The molecule has 7 nitrogen and oxygen atoms in total. The van der Waals surface area contributed by atoms with Crippen molar-refractivity contribution in [1.82, 2.24) is 4.90 Å². The third kappa shape index (κ3) is 4.45. The number of amides is 1. The Balaban J connectivity index is 0.00000289. The predicted octanol–water partition coefficient (Wildman–Crippen LogP) is 1.13. The molecule has 1 atom stereocenters. The van der Waals surface area contributed by atoms with Crippen molar-refractivity contribution < 1.29 is 28.8 Å². The summed E-state index contributed by atoms with van der Waals surface area (Å²) in [6, 6.07) is 14.1. The van der Waals surface area contributed by atoms with Crippen LogP contribution in [-0.2, 0) is 0 Å². The number of likely N-dealkylation sites (tertiary alicyclic amines) is 1. The Morgan fingerprint density at radius 2 is 1.75 bits per heavy atom. The number of aromatic hydroxyl groups is 1. The van der Waals surface area contributed by atoms with E-state index in [-0.39, 0.29) is 59.2 Å². The SMILES string of the molecule is CC[C@@H](Nc1c([N-]c2cccc(C(=O)N3CCCC3)c2O)c(=O)c1=O)c1ccccc1.[Li+]. The Kier molecular flexibility index (Phi) is 7.44. The first kappa shape index (κ1) is 23.6. The molecule has 0 radical (unpaired) electrons. The van der Waals surface area contributed by atoms with E-state index in [1.165, 1.54) is 6.07 Å². The molecule has 0 aromatic heterocycles. The summed E-state index contributed by atoms with van der Waals surface area (Å²) in [4.78, 5) is 38.8. The molecule has 0 unspecified atom stereocenters. The van der Waals surface area contributed by atoms with Gasteiger partial charge >= 0.3 is 18.9 Å². The molecule has 0 aliphatic carbocycles. The molecule has 1 fully saturated rings. The smallest absolute Gasteiger partial charge is 0.650 e. The molecule has 8 heteroatoms. The molecule has 32 heavy (non-hydrogen) atoms. The molecule has 0 spiro atoms. The quantitative estimate of drug-likeness (QED) is 0.437. The number of benzene rings is 2. The van der Waals surface area contributed by atoms with Crippen LogP contribution in [0.4, 0.5) is 17.1 Å². The van der Waals surface area contributed by atoms with E-state index in [0.29, 0.717) is 19.5 Å². The largest absolute Gasteiger partial charge is 1.00 e. The van der Waals surface area contributed by atoms with Crippen molar-refractivity contribution in [2.45, 2.75) is 32.2 Å². The number of carbonyl (C=O) groups is 1. The molecular weight excluding hydrogens is 401 g/mol. The second-order valence-electron chi connectivity index (χ2n) is 7.68. The van der Waals surface area contributed by atoms with Crippen LogP contribution in [0.2, 0.25) is 0 Å². The molecule has 3 aromatic carbocycles. The average molecular weight is 425 g/mol. The fourth-order valence-electron chi connectivity index (χ4n) is 3.91. The van der Waals surface area contributed by atoms with Crippen molar-refractivity contribution in [3.63, 3.8) is 0 Å². The predicted molar refractivity (Wildman–Crippen MR) is 120 cm³/mol. The summed E-state index contributed by atoms with van der Waals surface area (Å²) >= 11 is 0. The summed E-state index contributed by atoms with van der Waals surface area (Å²) in [5.41, 5.74) is -0.0000718. The fourth-order valence-corrected chi connectivity index (χ4v) is 3.91. The minimum absolute atomic E-state index is 0. The number of nitrogens with one attached hydrogen (secondary N) is 1. The van der Waals surface area contributed by atoms with Gasteiger partial charge < -0.3 is 20.6 Å². The summed E-state index contributed by atoms with van der Waals surface area (Å²) in [5, 5.41) is 18.0. The van der Waals surface area contributed by atoms with Crippen LogP contribution in [0.25, 0.3) is 5.32 Å². The monoisotopic (exact) mass is 425 g/mol. The van der Waals surface area contributed by atoms with Crippen LogP contribution in [-0.4, -0.2) is 29.0 Å². The zero-order valence-electron chi connectivity index (χ0n) is 18.3. The molecule has 1 saturated heterocycles. The van der Waals surface area contributed by atoms with Crippen LogP contribution in [0.3, 0.4) is 0 Å². The second kappa shape index (κ2) is 10.1. The molecule has 1 aliphatic rings. The zero-order chi connectivity index (χ0) is 22.0. The number of hydrogen-bond acceptors (Lipinski definition) is 5. The van der Waals surface area contributed by atoms with Gasteiger partial charge in [0, 0.05) is 13.1 Å². The standard InChI is InChI=1S/C24H25N3O4.Li/c1-2-17(15-9-4-3-5-10-15)25-19-20(23(30)22(19)29)26-18-12-8-11-16(21(18)28)24(31)27-13-6-7-14-27;/h3-5,8-12,17H,2,6-7,13-14H2,1H3,(H3,25,26,28,29,30,31);/q;+1/p-1/t17-;/m1./s1. The van der Waals surface area contributed by atoms with Gasteiger partial charge in [0.05, 0.1) is 17.3 Å². The van der Waals surface area contributed by atoms with Gasteiger partial charge in [-0.25, -0.2) is 0 Å². The third-order valence-corrected chi connectivity index (χ3v) is 5.68. The summed E-state index contributed by atoms with van der Waals surface area (Å²) in [6.07, 6.45) is 2.58. The first-order valence-corrected chi connectivity index (χ1v) is 10.5. The van der Waals surface area contributed by atoms with Gasteiger partial charge in [-0.15, -0.1) is 0 Å². The third-order valence-electron chi connectivity index (χ3n) is 5.68. The Labute approximate surface area is 198 Å².